The number of rotatable bonds is 3. The molecular formula is C8H14O. The van der Waals surface area contributed by atoms with Gasteiger partial charge < -0.3 is 5.11 Å². The number of aliphatic hydroxyl groups excluding tert-OH is 1. The van der Waals surface area contributed by atoms with E-state index in [-0.39, 0.29) is 0 Å². The zero-order valence-electron chi connectivity index (χ0n) is 6.04. The van der Waals surface area contributed by atoms with E-state index in [0.717, 1.165) is 0 Å². The number of hydrogen-bond donors (Lipinski definition) is 1. The van der Waals surface area contributed by atoms with E-state index < -0.39 is 6.10 Å². The summed E-state index contributed by atoms with van der Waals surface area (Å²) in [5.74, 6) is 0.500. The lowest BCUT2D eigenvalue weighted by molar-refractivity contribution is 0.271. The maximum atomic E-state index is 8.90. The molecule has 0 aliphatic rings. The van der Waals surface area contributed by atoms with Crippen LogP contribution in [0.5, 0.6) is 0 Å². The molecule has 1 nitrogen and oxygen atoms in total. The van der Waals surface area contributed by atoms with Crippen molar-refractivity contribution in [3.8, 4) is 0 Å². The Balaban J connectivity index is 3.56. The van der Waals surface area contributed by atoms with Crippen LogP contribution in [0, 0.1) is 5.92 Å². The first kappa shape index (κ1) is 8.44. The molecule has 0 fully saturated rings. The molecule has 0 spiro atoms. The first-order valence-electron chi connectivity index (χ1n) is 3.15. The molecule has 1 N–H and O–H groups in total. The molecular weight excluding hydrogens is 112 g/mol. The van der Waals surface area contributed by atoms with E-state index >= 15 is 0 Å². The van der Waals surface area contributed by atoms with Gasteiger partial charge in [-0.3, -0.25) is 0 Å². The van der Waals surface area contributed by atoms with Crippen molar-refractivity contribution in [1.29, 1.82) is 0 Å². The van der Waals surface area contributed by atoms with Crippen LogP contribution in [0.3, 0.4) is 0 Å². The maximum Gasteiger partial charge on any atom is 0.0900 e. The first-order valence-corrected chi connectivity index (χ1v) is 3.15. The summed E-state index contributed by atoms with van der Waals surface area (Å²) in [7, 11) is 0. The molecule has 1 heteroatoms. The van der Waals surface area contributed by atoms with Crippen LogP contribution in [-0.2, 0) is 0 Å². The standard InChI is InChI=1S/C8H14O/c1-4-8(9)6-5-7(2)3/h4-9H,1H2,2-3H3/b6-5+. The Morgan fingerprint density at radius 1 is 1.33 bits per heavy atom. The van der Waals surface area contributed by atoms with Gasteiger partial charge in [0.15, 0.2) is 0 Å². The SMILES string of the molecule is C=CC(O)/C=C/C(C)C. The van der Waals surface area contributed by atoms with Crippen LogP contribution in [0.15, 0.2) is 24.8 Å². The van der Waals surface area contributed by atoms with Gasteiger partial charge in [0.05, 0.1) is 6.10 Å². The average molecular weight is 126 g/mol. The summed E-state index contributed by atoms with van der Waals surface area (Å²) in [5.41, 5.74) is 0. The van der Waals surface area contributed by atoms with E-state index in [4.69, 9.17) is 5.11 Å². The van der Waals surface area contributed by atoms with Gasteiger partial charge in [-0.2, -0.15) is 0 Å². The molecule has 0 saturated heterocycles. The molecule has 1 atom stereocenters. The van der Waals surface area contributed by atoms with E-state index in [1.165, 1.54) is 6.08 Å². The molecule has 0 saturated carbocycles. The molecule has 1 unspecified atom stereocenters. The van der Waals surface area contributed by atoms with Crippen LogP contribution in [-0.4, -0.2) is 11.2 Å². The minimum absolute atomic E-state index is 0.479. The van der Waals surface area contributed by atoms with Crippen molar-refractivity contribution in [3.05, 3.63) is 24.8 Å². The number of aliphatic hydroxyl groups is 1. The van der Waals surface area contributed by atoms with Crippen molar-refractivity contribution < 1.29 is 5.11 Å². The predicted octanol–water partition coefficient (Wildman–Crippen LogP) is 1.75. The van der Waals surface area contributed by atoms with E-state index in [9.17, 15) is 0 Å². The second-order valence-corrected chi connectivity index (χ2v) is 2.36. The highest BCUT2D eigenvalue weighted by Gasteiger charge is 1.88. The Hall–Kier alpha value is -0.560. The molecule has 0 radical (unpaired) electrons. The third-order valence-electron chi connectivity index (χ3n) is 0.935. The zero-order valence-corrected chi connectivity index (χ0v) is 6.04. The highest BCUT2D eigenvalue weighted by molar-refractivity contribution is 4.98. The molecule has 0 aromatic rings. The van der Waals surface area contributed by atoms with Crippen LogP contribution in [0.25, 0.3) is 0 Å². The fourth-order valence-electron chi connectivity index (χ4n) is 0.415. The smallest absolute Gasteiger partial charge is 0.0900 e. The van der Waals surface area contributed by atoms with Crippen LogP contribution in [0.4, 0.5) is 0 Å². The van der Waals surface area contributed by atoms with Crippen molar-refractivity contribution in [1.82, 2.24) is 0 Å². The fourth-order valence-corrected chi connectivity index (χ4v) is 0.415. The van der Waals surface area contributed by atoms with Gasteiger partial charge in [0, 0.05) is 0 Å². The van der Waals surface area contributed by atoms with Gasteiger partial charge in [-0.05, 0) is 5.92 Å². The minimum Gasteiger partial charge on any atom is -0.385 e. The summed E-state index contributed by atoms with van der Waals surface area (Å²) in [6, 6.07) is 0. The van der Waals surface area contributed by atoms with Crippen LogP contribution < -0.4 is 0 Å². The highest BCUT2D eigenvalue weighted by Crippen LogP contribution is 1.95. The normalized spacial score (nSPS) is 14.7. The molecule has 52 valence electrons. The molecule has 0 heterocycles. The maximum absolute atomic E-state index is 8.90. The van der Waals surface area contributed by atoms with Gasteiger partial charge in [-0.1, -0.05) is 32.1 Å². The zero-order chi connectivity index (χ0) is 7.28. The molecule has 0 aromatic carbocycles. The van der Waals surface area contributed by atoms with Gasteiger partial charge in [0.1, 0.15) is 0 Å². The van der Waals surface area contributed by atoms with Gasteiger partial charge in [0.25, 0.3) is 0 Å². The first-order chi connectivity index (χ1) is 4.16. The van der Waals surface area contributed by atoms with Gasteiger partial charge in [0.2, 0.25) is 0 Å². The summed E-state index contributed by atoms with van der Waals surface area (Å²) in [4.78, 5) is 0. The van der Waals surface area contributed by atoms with Crippen molar-refractivity contribution >= 4 is 0 Å². The lowest BCUT2D eigenvalue weighted by Gasteiger charge is -1.96. The van der Waals surface area contributed by atoms with Crippen LogP contribution in [0.2, 0.25) is 0 Å². The average Bonchev–Trinajstić information content (AvgIpc) is 1.83. The molecule has 0 aliphatic heterocycles. The van der Waals surface area contributed by atoms with E-state index in [1.54, 1.807) is 6.08 Å². The number of hydrogen-bond acceptors (Lipinski definition) is 1. The van der Waals surface area contributed by atoms with Crippen molar-refractivity contribution in [2.75, 3.05) is 0 Å². The van der Waals surface area contributed by atoms with Gasteiger partial charge >= 0.3 is 0 Å². The van der Waals surface area contributed by atoms with Crippen LogP contribution in [0.1, 0.15) is 13.8 Å². The minimum atomic E-state index is -0.479. The lowest BCUT2D eigenvalue weighted by atomic mass is 10.2. The quantitative estimate of drug-likeness (QED) is 0.571. The number of allylic oxidation sites excluding steroid dienone is 1. The summed E-state index contributed by atoms with van der Waals surface area (Å²) >= 11 is 0. The molecule has 0 amide bonds. The Kier molecular flexibility index (Phi) is 4.06. The highest BCUT2D eigenvalue weighted by atomic mass is 16.3. The van der Waals surface area contributed by atoms with E-state index in [2.05, 4.69) is 20.4 Å². The van der Waals surface area contributed by atoms with Gasteiger partial charge in [-0.15, -0.1) is 6.58 Å². The Morgan fingerprint density at radius 2 is 1.89 bits per heavy atom. The fraction of sp³-hybridized carbons (Fsp3) is 0.500. The third kappa shape index (κ3) is 5.31. The molecule has 9 heavy (non-hydrogen) atoms. The topological polar surface area (TPSA) is 20.2 Å². The van der Waals surface area contributed by atoms with E-state index in [1.807, 2.05) is 6.08 Å². The molecule has 0 rings (SSSR count). The summed E-state index contributed by atoms with van der Waals surface area (Å²) in [5, 5.41) is 8.90. The summed E-state index contributed by atoms with van der Waals surface area (Å²) in [6.45, 7) is 7.56. The van der Waals surface area contributed by atoms with Crippen LogP contribution >= 0.6 is 0 Å². The monoisotopic (exact) mass is 126 g/mol. The van der Waals surface area contributed by atoms with Crippen molar-refractivity contribution in [3.63, 3.8) is 0 Å². The molecule has 0 bridgehead atoms. The molecule has 0 aromatic heterocycles. The third-order valence-corrected chi connectivity index (χ3v) is 0.935. The Labute approximate surface area is 56.7 Å². The summed E-state index contributed by atoms with van der Waals surface area (Å²) in [6.07, 6.45) is 4.70. The predicted molar refractivity (Wildman–Crippen MR) is 40.2 cm³/mol. The Bertz CT molecular complexity index is 103. The molecule has 0 aliphatic carbocycles. The van der Waals surface area contributed by atoms with E-state index in [0.29, 0.717) is 5.92 Å². The second kappa shape index (κ2) is 4.33. The second-order valence-electron chi connectivity index (χ2n) is 2.36. The van der Waals surface area contributed by atoms with Crippen molar-refractivity contribution in [2.45, 2.75) is 20.0 Å². The van der Waals surface area contributed by atoms with Gasteiger partial charge in [-0.25, -0.2) is 0 Å². The van der Waals surface area contributed by atoms with Crippen molar-refractivity contribution in [2.24, 2.45) is 5.92 Å². The summed E-state index contributed by atoms with van der Waals surface area (Å²) < 4.78 is 0. The Morgan fingerprint density at radius 3 is 2.22 bits per heavy atom. The largest absolute Gasteiger partial charge is 0.385 e. The lowest BCUT2D eigenvalue weighted by Crippen LogP contribution is -1.95.